The zero-order chi connectivity index (χ0) is 12.8. The van der Waals surface area contributed by atoms with Crippen LogP contribution >= 0.6 is 0 Å². The molecule has 18 heavy (non-hydrogen) atoms. The molecule has 4 nitrogen and oxygen atoms in total. The normalized spacial score (nSPS) is 16.8. The zero-order valence-corrected chi connectivity index (χ0v) is 11.7. The summed E-state index contributed by atoms with van der Waals surface area (Å²) < 4.78 is 2.22. The van der Waals surface area contributed by atoms with Gasteiger partial charge in [-0.15, -0.1) is 0 Å². The lowest BCUT2D eigenvalue weighted by Crippen LogP contribution is -2.22. The van der Waals surface area contributed by atoms with E-state index in [2.05, 4.69) is 39.8 Å². The van der Waals surface area contributed by atoms with Crippen LogP contribution in [0.5, 0.6) is 0 Å². The van der Waals surface area contributed by atoms with Crippen LogP contribution in [0.2, 0.25) is 0 Å². The molecule has 1 aliphatic rings. The zero-order valence-electron chi connectivity index (χ0n) is 11.7. The summed E-state index contributed by atoms with van der Waals surface area (Å²) in [5.74, 6) is 0. The molecule has 1 N–H and O–H groups in total. The summed E-state index contributed by atoms with van der Waals surface area (Å²) in [5.41, 5.74) is 1.14. The highest BCUT2D eigenvalue weighted by molar-refractivity contribution is 4.96. The molecule has 102 valence electrons. The molecule has 0 aromatic carbocycles. The maximum absolute atomic E-state index is 4.43. The van der Waals surface area contributed by atoms with Gasteiger partial charge in [-0.3, -0.25) is 0 Å². The summed E-state index contributed by atoms with van der Waals surface area (Å²) in [6, 6.07) is 0.519. The highest BCUT2D eigenvalue weighted by Crippen LogP contribution is 2.08. The van der Waals surface area contributed by atoms with Gasteiger partial charge < -0.3 is 14.8 Å². The van der Waals surface area contributed by atoms with Crippen LogP contribution < -0.4 is 5.32 Å². The van der Waals surface area contributed by atoms with E-state index in [4.69, 9.17) is 0 Å². The van der Waals surface area contributed by atoms with Gasteiger partial charge >= 0.3 is 0 Å². The highest BCUT2D eigenvalue weighted by Gasteiger charge is 2.10. The lowest BCUT2D eigenvalue weighted by Gasteiger charge is -2.13. The Morgan fingerprint density at radius 2 is 2.06 bits per heavy atom. The van der Waals surface area contributed by atoms with Gasteiger partial charge in [0.25, 0.3) is 0 Å². The Kier molecular flexibility index (Phi) is 5.20. The van der Waals surface area contributed by atoms with Crippen molar-refractivity contribution in [2.75, 3.05) is 19.6 Å². The first kappa shape index (κ1) is 13.6. The maximum atomic E-state index is 4.43. The Bertz CT molecular complexity index is 339. The number of aromatic nitrogens is 2. The third-order valence-electron chi connectivity index (χ3n) is 3.47. The third kappa shape index (κ3) is 4.42. The predicted molar refractivity (Wildman–Crippen MR) is 74.5 cm³/mol. The fraction of sp³-hybridized carbons (Fsp3) is 0.786. The molecule has 1 aromatic rings. The minimum atomic E-state index is 0.519. The van der Waals surface area contributed by atoms with Crippen LogP contribution in [0, 0.1) is 0 Å². The molecule has 2 rings (SSSR count). The van der Waals surface area contributed by atoms with E-state index in [1.807, 2.05) is 6.33 Å². The molecule has 0 unspecified atom stereocenters. The molecular formula is C14H26N4. The monoisotopic (exact) mass is 250 g/mol. The largest absolute Gasteiger partial charge is 0.337 e. The van der Waals surface area contributed by atoms with Crippen molar-refractivity contribution in [3.8, 4) is 0 Å². The molecule has 1 aromatic heterocycles. The highest BCUT2D eigenvalue weighted by atomic mass is 15.1. The molecule has 1 fully saturated rings. The van der Waals surface area contributed by atoms with Gasteiger partial charge in [-0.2, -0.15) is 0 Å². The first-order valence-corrected chi connectivity index (χ1v) is 7.20. The number of rotatable bonds is 7. The Hall–Kier alpha value is -0.870. The van der Waals surface area contributed by atoms with E-state index in [0.717, 1.165) is 18.8 Å². The van der Waals surface area contributed by atoms with E-state index in [9.17, 15) is 0 Å². The smallest absolute Gasteiger partial charge is 0.0949 e. The predicted octanol–water partition coefficient (Wildman–Crippen LogP) is 1.87. The van der Waals surface area contributed by atoms with Crippen molar-refractivity contribution < 1.29 is 0 Å². The minimum Gasteiger partial charge on any atom is -0.337 e. The van der Waals surface area contributed by atoms with Crippen molar-refractivity contribution in [3.63, 3.8) is 0 Å². The van der Waals surface area contributed by atoms with Crippen molar-refractivity contribution in [1.29, 1.82) is 0 Å². The Morgan fingerprint density at radius 1 is 1.28 bits per heavy atom. The van der Waals surface area contributed by atoms with Crippen LogP contribution in [-0.2, 0) is 13.1 Å². The first-order valence-electron chi connectivity index (χ1n) is 7.20. The molecule has 2 heterocycles. The number of imidazole rings is 1. The average molecular weight is 250 g/mol. The molecule has 0 saturated carbocycles. The van der Waals surface area contributed by atoms with Crippen molar-refractivity contribution in [3.05, 3.63) is 18.2 Å². The van der Waals surface area contributed by atoms with E-state index in [-0.39, 0.29) is 0 Å². The summed E-state index contributed by atoms with van der Waals surface area (Å²) in [6.07, 6.45) is 8.13. The van der Waals surface area contributed by atoms with E-state index < -0.39 is 0 Å². The standard InChI is InChI=1S/C14H26N4/c1-13(2)15-10-14-11-18(12-16-14)9-5-8-17-6-3-4-7-17/h11-13,15H,3-10H2,1-2H3. The Balaban J connectivity index is 1.66. The second-order valence-electron chi connectivity index (χ2n) is 5.54. The molecule has 0 atom stereocenters. The number of aryl methyl sites for hydroxylation is 1. The second kappa shape index (κ2) is 6.90. The van der Waals surface area contributed by atoms with Crippen molar-refractivity contribution in [2.24, 2.45) is 0 Å². The van der Waals surface area contributed by atoms with Gasteiger partial charge in [-0.25, -0.2) is 4.98 Å². The fourth-order valence-electron chi connectivity index (χ4n) is 2.41. The second-order valence-corrected chi connectivity index (χ2v) is 5.54. The van der Waals surface area contributed by atoms with Gasteiger partial charge in [0.2, 0.25) is 0 Å². The lowest BCUT2D eigenvalue weighted by atomic mass is 10.3. The van der Waals surface area contributed by atoms with Crippen LogP contribution in [-0.4, -0.2) is 40.1 Å². The summed E-state index contributed by atoms with van der Waals surface area (Å²) in [7, 11) is 0. The first-order chi connectivity index (χ1) is 8.74. The van der Waals surface area contributed by atoms with Crippen LogP contribution in [0.1, 0.15) is 38.8 Å². The molecule has 0 radical (unpaired) electrons. The van der Waals surface area contributed by atoms with Gasteiger partial charge in [0.05, 0.1) is 12.0 Å². The summed E-state index contributed by atoms with van der Waals surface area (Å²) in [4.78, 5) is 6.99. The Morgan fingerprint density at radius 3 is 2.78 bits per heavy atom. The molecular weight excluding hydrogens is 224 g/mol. The quantitative estimate of drug-likeness (QED) is 0.802. The molecule has 0 aliphatic carbocycles. The van der Waals surface area contributed by atoms with E-state index >= 15 is 0 Å². The van der Waals surface area contributed by atoms with Crippen molar-refractivity contribution >= 4 is 0 Å². The minimum absolute atomic E-state index is 0.519. The summed E-state index contributed by atoms with van der Waals surface area (Å²) >= 11 is 0. The molecule has 0 bridgehead atoms. The van der Waals surface area contributed by atoms with Crippen LogP contribution in [0.15, 0.2) is 12.5 Å². The number of likely N-dealkylation sites (tertiary alicyclic amines) is 1. The van der Waals surface area contributed by atoms with Crippen LogP contribution in [0.3, 0.4) is 0 Å². The number of hydrogen-bond donors (Lipinski definition) is 1. The van der Waals surface area contributed by atoms with Crippen LogP contribution in [0.4, 0.5) is 0 Å². The lowest BCUT2D eigenvalue weighted by molar-refractivity contribution is 0.325. The third-order valence-corrected chi connectivity index (χ3v) is 3.47. The van der Waals surface area contributed by atoms with E-state index in [1.165, 1.54) is 38.9 Å². The average Bonchev–Trinajstić information content (AvgIpc) is 2.97. The van der Waals surface area contributed by atoms with E-state index in [0.29, 0.717) is 6.04 Å². The van der Waals surface area contributed by atoms with Crippen LogP contribution in [0.25, 0.3) is 0 Å². The molecule has 1 aliphatic heterocycles. The molecule has 1 saturated heterocycles. The van der Waals surface area contributed by atoms with Crippen molar-refractivity contribution in [1.82, 2.24) is 19.8 Å². The number of nitrogens with zero attached hydrogens (tertiary/aromatic N) is 3. The molecule has 0 amide bonds. The van der Waals surface area contributed by atoms with Gasteiger partial charge in [-0.1, -0.05) is 13.8 Å². The summed E-state index contributed by atoms with van der Waals surface area (Å²) in [5, 5.41) is 3.39. The molecule has 0 spiro atoms. The summed E-state index contributed by atoms with van der Waals surface area (Å²) in [6.45, 7) is 10.1. The fourth-order valence-corrected chi connectivity index (χ4v) is 2.41. The van der Waals surface area contributed by atoms with Gasteiger partial charge in [0.15, 0.2) is 0 Å². The molecule has 4 heteroatoms. The maximum Gasteiger partial charge on any atom is 0.0949 e. The number of nitrogens with one attached hydrogen (secondary N) is 1. The van der Waals surface area contributed by atoms with Gasteiger partial charge in [0.1, 0.15) is 0 Å². The SMILES string of the molecule is CC(C)NCc1cn(CCCN2CCCC2)cn1. The Labute approximate surface area is 110 Å². The topological polar surface area (TPSA) is 33.1 Å². The number of hydrogen-bond acceptors (Lipinski definition) is 3. The van der Waals surface area contributed by atoms with E-state index in [1.54, 1.807) is 0 Å². The van der Waals surface area contributed by atoms with Crippen molar-refractivity contribution in [2.45, 2.75) is 52.2 Å². The van der Waals surface area contributed by atoms with Gasteiger partial charge in [0, 0.05) is 25.3 Å². The van der Waals surface area contributed by atoms with Gasteiger partial charge in [-0.05, 0) is 38.9 Å².